The summed E-state index contributed by atoms with van der Waals surface area (Å²) < 4.78 is 11.5. The fourth-order valence-electron chi connectivity index (χ4n) is 3.06. The summed E-state index contributed by atoms with van der Waals surface area (Å²) in [6.45, 7) is 8.95. The molecule has 2 aromatic rings. The Labute approximate surface area is 156 Å². The molecule has 1 heterocycles. The molecule has 142 valence electrons. The molecule has 0 spiro atoms. The summed E-state index contributed by atoms with van der Waals surface area (Å²) in [5.41, 5.74) is 0.635. The minimum atomic E-state index is -0.836. The van der Waals surface area contributed by atoms with Gasteiger partial charge in [-0.15, -0.1) is 0 Å². The van der Waals surface area contributed by atoms with Gasteiger partial charge in [-0.3, -0.25) is 9.78 Å². The van der Waals surface area contributed by atoms with Gasteiger partial charge in [0.25, 0.3) is 5.91 Å². The van der Waals surface area contributed by atoms with Crippen molar-refractivity contribution in [3.63, 3.8) is 0 Å². The van der Waals surface area contributed by atoms with E-state index < -0.39 is 5.60 Å². The van der Waals surface area contributed by atoms with Gasteiger partial charge in [-0.05, 0) is 51.5 Å². The molecule has 5 nitrogen and oxygen atoms in total. The number of unbranched alkanes of at least 4 members (excludes halogenated alkanes) is 2. The molecular formula is C21H30N2O3. The smallest absolute Gasteiger partial charge is 0.256 e. The number of nitrogens with one attached hydrogen (secondary N) is 1. The molecule has 1 aromatic carbocycles. The monoisotopic (exact) mass is 358 g/mol. The summed E-state index contributed by atoms with van der Waals surface area (Å²) in [5, 5.41) is 3.91. The largest absolute Gasteiger partial charge is 0.492 e. The van der Waals surface area contributed by atoms with Gasteiger partial charge >= 0.3 is 0 Å². The first-order valence-corrected chi connectivity index (χ1v) is 9.51. The average molecular weight is 358 g/mol. The lowest BCUT2D eigenvalue weighted by Crippen LogP contribution is -2.42. The fraction of sp³-hybridized carbons (Fsp3) is 0.524. The number of carbonyl (C=O) groups excluding carboxylic acids is 1. The average Bonchev–Trinajstić information content (AvgIpc) is 2.64. The number of pyridine rings is 1. The fourth-order valence-corrected chi connectivity index (χ4v) is 3.06. The molecule has 0 aliphatic rings. The Balaban J connectivity index is 2.28. The Morgan fingerprint density at radius 3 is 2.65 bits per heavy atom. The van der Waals surface area contributed by atoms with Crippen LogP contribution in [-0.2, 0) is 9.53 Å². The number of hydrogen-bond acceptors (Lipinski definition) is 4. The van der Waals surface area contributed by atoms with E-state index in [-0.39, 0.29) is 5.91 Å². The first kappa shape index (κ1) is 20.2. The van der Waals surface area contributed by atoms with E-state index in [4.69, 9.17) is 9.47 Å². The maximum Gasteiger partial charge on any atom is 0.256 e. The number of nitrogens with zero attached hydrogens (tertiary/aromatic N) is 1. The standard InChI is InChI=1S/C21H30N2O3/c1-5-8-9-14-21(4,26-7-3)20(24)23-17-12-13-18(25-6-2)19-16(17)11-10-15-22-19/h10-13,15H,5-9,14H2,1-4H3,(H,23,24)/t21-/m1/s1. The Morgan fingerprint density at radius 1 is 1.15 bits per heavy atom. The van der Waals surface area contributed by atoms with Crippen LogP contribution in [-0.4, -0.2) is 29.7 Å². The van der Waals surface area contributed by atoms with E-state index in [9.17, 15) is 4.79 Å². The van der Waals surface area contributed by atoms with E-state index in [1.807, 2.05) is 45.0 Å². The van der Waals surface area contributed by atoms with Gasteiger partial charge in [0.05, 0.1) is 12.3 Å². The van der Waals surface area contributed by atoms with Crippen LogP contribution < -0.4 is 10.1 Å². The molecule has 0 aliphatic carbocycles. The van der Waals surface area contributed by atoms with Crippen molar-refractivity contribution in [2.45, 2.75) is 59.0 Å². The second kappa shape index (κ2) is 9.53. The van der Waals surface area contributed by atoms with Crippen molar-refractivity contribution in [2.75, 3.05) is 18.5 Å². The van der Waals surface area contributed by atoms with Crippen molar-refractivity contribution in [3.8, 4) is 5.75 Å². The molecule has 0 aliphatic heterocycles. The quantitative estimate of drug-likeness (QED) is 0.611. The predicted octanol–water partition coefficient (Wildman–Crippen LogP) is 4.95. The number of fused-ring (bicyclic) bond motifs is 1. The lowest BCUT2D eigenvalue weighted by molar-refractivity contribution is -0.139. The molecule has 26 heavy (non-hydrogen) atoms. The predicted molar refractivity (Wildman–Crippen MR) is 106 cm³/mol. The Morgan fingerprint density at radius 2 is 1.96 bits per heavy atom. The van der Waals surface area contributed by atoms with E-state index in [1.54, 1.807) is 6.20 Å². The van der Waals surface area contributed by atoms with E-state index in [1.165, 1.54) is 0 Å². The van der Waals surface area contributed by atoms with Gasteiger partial charge in [0.2, 0.25) is 0 Å². The van der Waals surface area contributed by atoms with Gasteiger partial charge in [0.1, 0.15) is 16.9 Å². The molecule has 2 rings (SSSR count). The molecule has 1 amide bonds. The molecule has 0 fully saturated rings. The Hall–Kier alpha value is -2.14. The van der Waals surface area contributed by atoms with Gasteiger partial charge in [-0.25, -0.2) is 0 Å². The molecule has 0 saturated heterocycles. The first-order chi connectivity index (χ1) is 12.6. The van der Waals surface area contributed by atoms with Gasteiger partial charge in [-0.2, -0.15) is 0 Å². The summed E-state index contributed by atoms with van der Waals surface area (Å²) in [4.78, 5) is 17.4. The van der Waals surface area contributed by atoms with Crippen molar-refractivity contribution in [1.82, 2.24) is 4.98 Å². The molecule has 1 atom stereocenters. The number of hydrogen-bond donors (Lipinski definition) is 1. The minimum Gasteiger partial charge on any atom is -0.492 e. The molecule has 0 unspecified atom stereocenters. The zero-order chi connectivity index (χ0) is 19.0. The number of benzene rings is 1. The van der Waals surface area contributed by atoms with Crippen molar-refractivity contribution in [1.29, 1.82) is 0 Å². The molecular weight excluding hydrogens is 328 g/mol. The Kier molecular flexibility index (Phi) is 7.39. The zero-order valence-electron chi connectivity index (χ0n) is 16.3. The van der Waals surface area contributed by atoms with E-state index in [0.29, 0.717) is 19.6 Å². The molecule has 0 bridgehead atoms. The highest BCUT2D eigenvalue weighted by atomic mass is 16.5. The van der Waals surface area contributed by atoms with Crippen LogP contribution in [0, 0.1) is 0 Å². The zero-order valence-corrected chi connectivity index (χ0v) is 16.3. The lowest BCUT2D eigenvalue weighted by Gasteiger charge is -2.28. The van der Waals surface area contributed by atoms with E-state index >= 15 is 0 Å². The van der Waals surface area contributed by atoms with Gasteiger partial charge in [0, 0.05) is 18.2 Å². The van der Waals surface area contributed by atoms with Crippen LogP contribution in [0.4, 0.5) is 5.69 Å². The van der Waals surface area contributed by atoms with Crippen LogP contribution in [0.15, 0.2) is 30.5 Å². The third-order valence-electron chi connectivity index (χ3n) is 4.48. The number of anilines is 1. The Bertz CT molecular complexity index is 732. The third kappa shape index (κ3) is 4.73. The van der Waals surface area contributed by atoms with E-state index in [2.05, 4.69) is 17.2 Å². The van der Waals surface area contributed by atoms with Gasteiger partial charge in [-0.1, -0.05) is 26.2 Å². The van der Waals surface area contributed by atoms with Crippen molar-refractivity contribution in [2.24, 2.45) is 0 Å². The SMILES string of the molecule is CCCCC[C@@](C)(OCC)C(=O)Nc1ccc(OCC)c2ncccc12. The van der Waals surface area contributed by atoms with Crippen molar-refractivity contribution >= 4 is 22.5 Å². The van der Waals surface area contributed by atoms with Crippen LogP contribution >= 0.6 is 0 Å². The first-order valence-electron chi connectivity index (χ1n) is 9.51. The molecule has 5 heteroatoms. The van der Waals surface area contributed by atoms with Gasteiger partial charge in [0.15, 0.2) is 0 Å². The third-order valence-corrected chi connectivity index (χ3v) is 4.48. The highest BCUT2D eigenvalue weighted by Gasteiger charge is 2.33. The van der Waals surface area contributed by atoms with E-state index in [0.717, 1.165) is 41.6 Å². The number of aromatic nitrogens is 1. The van der Waals surface area contributed by atoms with Gasteiger partial charge < -0.3 is 14.8 Å². The van der Waals surface area contributed by atoms with Crippen LogP contribution in [0.2, 0.25) is 0 Å². The highest BCUT2D eigenvalue weighted by molar-refractivity contribution is 6.05. The maximum atomic E-state index is 13.0. The highest BCUT2D eigenvalue weighted by Crippen LogP contribution is 2.31. The molecule has 1 aromatic heterocycles. The number of ether oxygens (including phenoxy) is 2. The summed E-state index contributed by atoms with van der Waals surface area (Å²) in [6.07, 6.45) is 5.59. The summed E-state index contributed by atoms with van der Waals surface area (Å²) in [7, 11) is 0. The molecule has 1 N–H and O–H groups in total. The number of carbonyl (C=O) groups is 1. The van der Waals surface area contributed by atoms with Crippen molar-refractivity contribution in [3.05, 3.63) is 30.5 Å². The van der Waals surface area contributed by atoms with Crippen LogP contribution in [0.5, 0.6) is 5.75 Å². The van der Waals surface area contributed by atoms with Crippen molar-refractivity contribution < 1.29 is 14.3 Å². The number of rotatable bonds is 10. The van der Waals surface area contributed by atoms with Crippen LogP contribution in [0.3, 0.4) is 0 Å². The lowest BCUT2D eigenvalue weighted by atomic mass is 9.96. The van der Waals surface area contributed by atoms with Crippen LogP contribution in [0.1, 0.15) is 53.4 Å². The topological polar surface area (TPSA) is 60.5 Å². The summed E-state index contributed by atoms with van der Waals surface area (Å²) >= 11 is 0. The summed E-state index contributed by atoms with van der Waals surface area (Å²) in [5.74, 6) is 0.599. The van der Waals surface area contributed by atoms with Crippen LogP contribution in [0.25, 0.3) is 10.9 Å². The second-order valence-corrected chi connectivity index (χ2v) is 6.52. The minimum absolute atomic E-state index is 0.121. The number of amides is 1. The maximum absolute atomic E-state index is 13.0. The second-order valence-electron chi connectivity index (χ2n) is 6.52. The summed E-state index contributed by atoms with van der Waals surface area (Å²) in [6, 6.07) is 7.52. The normalized spacial score (nSPS) is 13.4. The molecule has 0 radical (unpaired) electrons. The molecule has 0 saturated carbocycles.